The van der Waals surface area contributed by atoms with Gasteiger partial charge in [0.15, 0.2) is 11.6 Å². The molecule has 25 heavy (non-hydrogen) atoms. The first-order valence-corrected chi connectivity index (χ1v) is 8.13. The maximum absolute atomic E-state index is 14.5. The van der Waals surface area contributed by atoms with Crippen molar-refractivity contribution in [2.75, 3.05) is 49.1 Å². The summed E-state index contributed by atoms with van der Waals surface area (Å²) in [7, 11) is 0. The summed E-state index contributed by atoms with van der Waals surface area (Å²) in [6.45, 7) is 3.96. The zero-order valence-electron chi connectivity index (χ0n) is 13.8. The molecule has 2 aliphatic rings. The van der Waals surface area contributed by atoms with Crippen LogP contribution in [0.1, 0.15) is 6.92 Å². The van der Waals surface area contributed by atoms with Crippen LogP contribution in [-0.4, -0.2) is 57.4 Å². The molecule has 7 nitrogen and oxygen atoms in total. The second kappa shape index (κ2) is 7.22. The van der Waals surface area contributed by atoms with E-state index in [9.17, 15) is 18.4 Å². The molecular weight excluding hydrogens is 334 g/mol. The van der Waals surface area contributed by atoms with Crippen molar-refractivity contribution in [2.45, 2.75) is 13.0 Å². The zero-order valence-corrected chi connectivity index (χ0v) is 13.8. The molecule has 2 fully saturated rings. The molecular formula is C16H20F2N4O3. The first-order valence-electron chi connectivity index (χ1n) is 8.13. The smallest absolute Gasteiger partial charge is 0.414 e. The summed E-state index contributed by atoms with van der Waals surface area (Å²) in [5.74, 6) is -1.67. The molecule has 136 valence electrons. The Kier molecular flexibility index (Phi) is 5.03. The van der Waals surface area contributed by atoms with Gasteiger partial charge in [0.2, 0.25) is 5.91 Å². The van der Waals surface area contributed by atoms with Crippen LogP contribution in [0.15, 0.2) is 12.1 Å². The van der Waals surface area contributed by atoms with Gasteiger partial charge >= 0.3 is 6.09 Å². The second-order valence-corrected chi connectivity index (χ2v) is 6.05. The molecule has 2 aliphatic heterocycles. The monoisotopic (exact) mass is 354 g/mol. The van der Waals surface area contributed by atoms with Crippen molar-refractivity contribution in [3.05, 3.63) is 23.8 Å². The lowest BCUT2D eigenvalue weighted by atomic mass is 10.2. The number of rotatable bonds is 4. The quantitative estimate of drug-likeness (QED) is 0.838. The topological polar surface area (TPSA) is 73.9 Å². The van der Waals surface area contributed by atoms with E-state index in [1.165, 1.54) is 11.8 Å². The average molecular weight is 354 g/mol. The number of benzene rings is 1. The van der Waals surface area contributed by atoms with E-state index in [1.54, 1.807) is 4.90 Å². The van der Waals surface area contributed by atoms with E-state index in [4.69, 9.17) is 4.74 Å². The maximum Gasteiger partial charge on any atom is 0.414 e. The van der Waals surface area contributed by atoms with Crippen molar-refractivity contribution in [3.8, 4) is 0 Å². The van der Waals surface area contributed by atoms with Crippen LogP contribution >= 0.6 is 0 Å². The van der Waals surface area contributed by atoms with Gasteiger partial charge in [0.05, 0.1) is 18.8 Å². The SMILES string of the molecule is CC(=O)NCC1CN(c2cc(F)c(N3CCNCC3)c(F)c2)C(=O)O1. The van der Waals surface area contributed by atoms with E-state index in [1.807, 2.05) is 0 Å². The Hall–Kier alpha value is -2.42. The number of nitrogens with zero attached hydrogens (tertiary/aromatic N) is 2. The molecule has 0 spiro atoms. The van der Waals surface area contributed by atoms with Crippen molar-refractivity contribution in [3.63, 3.8) is 0 Å². The number of amides is 2. The van der Waals surface area contributed by atoms with Crippen LogP contribution in [0.5, 0.6) is 0 Å². The molecule has 0 bridgehead atoms. The molecule has 9 heteroatoms. The summed E-state index contributed by atoms with van der Waals surface area (Å²) in [6, 6.07) is 2.28. The molecule has 1 unspecified atom stereocenters. The number of nitrogens with one attached hydrogen (secondary N) is 2. The van der Waals surface area contributed by atoms with Gasteiger partial charge in [0.1, 0.15) is 11.8 Å². The summed E-state index contributed by atoms with van der Waals surface area (Å²) < 4.78 is 34.1. The first kappa shape index (κ1) is 17.4. The number of cyclic esters (lactones) is 1. The molecule has 2 amide bonds. The standard InChI is InChI=1S/C16H20F2N4O3/c1-10(23)20-8-12-9-22(16(24)25-12)11-6-13(17)15(14(18)7-11)21-4-2-19-3-5-21/h6-7,12,19H,2-5,8-9H2,1H3,(H,20,23). The van der Waals surface area contributed by atoms with Crippen LogP contribution in [0.3, 0.4) is 0 Å². The fourth-order valence-electron chi connectivity index (χ4n) is 2.99. The van der Waals surface area contributed by atoms with E-state index in [2.05, 4.69) is 10.6 Å². The largest absolute Gasteiger partial charge is 0.442 e. The van der Waals surface area contributed by atoms with Crippen molar-refractivity contribution in [1.82, 2.24) is 10.6 Å². The number of carbonyl (C=O) groups is 2. The first-order chi connectivity index (χ1) is 12.0. The van der Waals surface area contributed by atoms with E-state index >= 15 is 0 Å². The van der Waals surface area contributed by atoms with Crippen molar-refractivity contribution >= 4 is 23.4 Å². The average Bonchev–Trinajstić information content (AvgIpc) is 2.94. The van der Waals surface area contributed by atoms with Crippen LogP contribution in [0, 0.1) is 11.6 Å². The Morgan fingerprint density at radius 3 is 2.56 bits per heavy atom. The van der Waals surface area contributed by atoms with Crippen molar-refractivity contribution < 1.29 is 23.1 Å². The summed E-state index contributed by atoms with van der Waals surface area (Å²) in [4.78, 5) is 25.7. The van der Waals surface area contributed by atoms with Gasteiger partial charge in [-0.05, 0) is 0 Å². The molecule has 1 aromatic rings. The van der Waals surface area contributed by atoms with Gasteiger partial charge in [0.25, 0.3) is 0 Å². The highest BCUT2D eigenvalue weighted by atomic mass is 19.1. The van der Waals surface area contributed by atoms with Gasteiger partial charge in [0, 0.05) is 45.2 Å². The molecule has 0 radical (unpaired) electrons. The number of hydrogen-bond donors (Lipinski definition) is 2. The lowest BCUT2D eigenvalue weighted by molar-refractivity contribution is -0.119. The van der Waals surface area contributed by atoms with Crippen LogP contribution in [0.25, 0.3) is 0 Å². The third kappa shape index (κ3) is 3.81. The lowest BCUT2D eigenvalue weighted by Crippen LogP contribution is -2.44. The minimum atomic E-state index is -0.713. The van der Waals surface area contributed by atoms with Crippen LogP contribution in [0.4, 0.5) is 25.0 Å². The molecule has 0 saturated carbocycles. The Morgan fingerprint density at radius 1 is 1.32 bits per heavy atom. The molecule has 2 saturated heterocycles. The number of ether oxygens (including phenoxy) is 1. The summed E-state index contributed by atoms with van der Waals surface area (Å²) >= 11 is 0. The van der Waals surface area contributed by atoms with E-state index in [-0.39, 0.29) is 30.4 Å². The number of halogens is 2. The number of piperazine rings is 1. The summed E-state index contributed by atoms with van der Waals surface area (Å²) in [5, 5.41) is 5.68. The summed E-state index contributed by atoms with van der Waals surface area (Å²) in [6.07, 6.45) is -1.25. The van der Waals surface area contributed by atoms with Crippen molar-refractivity contribution in [2.24, 2.45) is 0 Å². The van der Waals surface area contributed by atoms with E-state index in [0.717, 1.165) is 12.1 Å². The number of anilines is 2. The fourth-order valence-corrected chi connectivity index (χ4v) is 2.99. The van der Waals surface area contributed by atoms with Crippen molar-refractivity contribution in [1.29, 1.82) is 0 Å². The second-order valence-electron chi connectivity index (χ2n) is 6.05. The number of hydrogen-bond acceptors (Lipinski definition) is 5. The summed E-state index contributed by atoms with van der Waals surface area (Å²) in [5.41, 5.74) is 0.0248. The van der Waals surface area contributed by atoms with Crippen LogP contribution < -0.4 is 20.4 Å². The Morgan fingerprint density at radius 2 is 1.96 bits per heavy atom. The van der Waals surface area contributed by atoms with E-state index in [0.29, 0.717) is 26.2 Å². The molecule has 1 atom stereocenters. The number of carbonyl (C=O) groups excluding carboxylic acids is 2. The third-order valence-corrected chi connectivity index (χ3v) is 4.20. The third-order valence-electron chi connectivity index (χ3n) is 4.20. The molecule has 0 aromatic heterocycles. The molecule has 0 aliphatic carbocycles. The molecule has 3 rings (SSSR count). The molecule has 2 heterocycles. The van der Waals surface area contributed by atoms with Gasteiger partial charge in [-0.15, -0.1) is 0 Å². The lowest BCUT2D eigenvalue weighted by Gasteiger charge is -2.30. The van der Waals surface area contributed by atoms with Gasteiger partial charge in [-0.3, -0.25) is 9.69 Å². The normalized spacial score (nSPS) is 20.6. The predicted octanol–water partition coefficient (Wildman–Crippen LogP) is 0.836. The Balaban J connectivity index is 1.76. The predicted molar refractivity (Wildman–Crippen MR) is 87.7 cm³/mol. The maximum atomic E-state index is 14.5. The zero-order chi connectivity index (χ0) is 18.0. The fraction of sp³-hybridized carbons (Fsp3) is 0.500. The minimum absolute atomic E-state index is 0.0763. The van der Waals surface area contributed by atoms with Gasteiger partial charge in [-0.2, -0.15) is 0 Å². The van der Waals surface area contributed by atoms with Gasteiger partial charge in [-0.1, -0.05) is 0 Å². The highest BCUT2D eigenvalue weighted by Crippen LogP contribution is 2.31. The molecule has 2 N–H and O–H groups in total. The Bertz CT molecular complexity index is 656. The van der Waals surface area contributed by atoms with Gasteiger partial charge in [-0.25, -0.2) is 13.6 Å². The van der Waals surface area contributed by atoms with Gasteiger partial charge < -0.3 is 20.3 Å². The minimum Gasteiger partial charge on any atom is -0.442 e. The van der Waals surface area contributed by atoms with Crippen LogP contribution in [-0.2, 0) is 9.53 Å². The molecule has 1 aromatic carbocycles. The van der Waals surface area contributed by atoms with E-state index < -0.39 is 23.8 Å². The van der Waals surface area contributed by atoms with Crippen LogP contribution in [0.2, 0.25) is 0 Å². The highest BCUT2D eigenvalue weighted by molar-refractivity contribution is 5.90. The Labute approximate surface area is 143 Å². The highest BCUT2D eigenvalue weighted by Gasteiger charge is 2.33.